The van der Waals surface area contributed by atoms with Gasteiger partial charge in [0.1, 0.15) is 4.91 Å². The van der Waals surface area contributed by atoms with Crippen LogP contribution in [0.2, 0.25) is 10.0 Å². The van der Waals surface area contributed by atoms with E-state index in [2.05, 4.69) is 0 Å². The van der Waals surface area contributed by atoms with Gasteiger partial charge >= 0.3 is 0 Å². The lowest BCUT2D eigenvalue weighted by molar-refractivity contribution is 0.104. The van der Waals surface area contributed by atoms with Crippen LogP contribution in [0.5, 0.6) is 0 Å². The summed E-state index contributed by atoms with van der Waals surface area (Å²) in [6.07, 6.45) is 1.45. The van der Waals surface area contributed by atoms with Crippen LogP contribution in [0, 0.1) is 13.8 Å². The lowest BCUT2D eigenvalue weighted by atomic mass is 10.1. The SMILES string of the molecule is Cc1cc(C)cc(/C=C(/C(=O)c2ccc(Cl)cc2)S(=O)(=O)Cc2ccc(Cl)cc2)c1. The molecule has 0 aromatic heterocycles. The summed E-state index contributed by atoms with van der Waals surface area (Å²) in [6, 6.07) is 18.4. The van der Waals surface area contributed by atoms with Crippen LogP contribution in [0.15, 0.2) is 71.6 Å². The fraction of sp³-hybridized carbons (Fsp3) is 0.125. The Kier molecular flexibility index (Phi) is 6.81. The predicted octanol–water partition coefficient (Wildman–Crippen LogP) is 6.45. The van der Waals surface area contributed by atoms with Crippen molar-refractivity contribution in [3.8, 4) is 0 Å². The molecule has 0 spiro atoms. The molecule has 6 heteroatoms. The minimum Gasteiger partial charge on any atom is -0.288 e. The van der Waals surface area contributed by atoms with Crippen LogP contribution in [-0.4, -0.2) is 14.2 Å². The number of rotatable bonds is 6. The molecule has 3 rings (SSSR count). The summed E-state index contributed by atoms with van der Waals surface area (Å²) < 4.78 is 26.6. The maximum Gasteiger partial charge on any atom is 0.204 e. The van der Waals surface area contributed by atoms with E-state index in [0.29, 0.717) is 21.2 Å². The predicted molar refractivity (Wildman–Crippen MR) is 124 cm³/mol. The highest BCUT2D eigenvalue weighted by Crippen LogP contribution is 2.24. The summed E-state index contributed by atoms with van der Waals surface area (Å²) in [5.41, 5.74) is 3.43. The summed E-state index contributed by atoms with van der Waals surface area (Å²) in [7, 11) is -3.93. The lowest BCUT2D eigenvalue weighted by Gasteiger charge is -2.10. The van der Waals surface area contributed by atoms with E-state index in [4.69, 9.17) is 23.2 Å². The van der Waals surface area contributed by atoms with Crippen molar-refractivity contribution < 1.29 is 13.2 Å². The smallest absolute Gasteiger partial charge is 0.204 e. The van der Waals surface area contributed by atoms with E-state index in [1.807, 2.05) is 32.0 Å². The first kappa shape index (κ1) is 22.3. The van der Waals surface area contributed by atoms with E-state index in [1.165, 1.54) is 18.2 Å². The molecular weight excluding hydrogens is 439 g/mol. The van der Waals surface area contributed by atoms with Gasteiger partial charge in [-0.25, -0.2) is 8.42 Å². The number of benzene rings is 3. The third kappa shape index (κ3) is 5.60. The molecule has 0 aliphatic rings. The second kappa shape index (κ2) is 9.17. The molecular formula is C24H20Cl2O3S. The highest BCUT2D eigenvalue weighted by Gasteiger charge is 2.26. The van der Waals surface area contributed by atoms with Gasteiger partial charge in [-0.1, -0.05) is 64.7 Å². The summed E-state index contributed by atoms with van der Waals surface area (Å²) in [5.74, 6) is -0.875. The molecule has 3 aromatic carbocycles. The van der Waals surface area contributed by atoms with E-state index in [1.54, 1.807) is 36.4 Å². The van der Waals surface area contributed by atoms with Gasteiger partial charge in [0.05, 0.1) is 5.75 Å². The average molecular weight is 459 g/mol. The number of halogens is 2. The topological polar surface area (TPSA) is 51.2 Å². The molecule has 3 aromatic rings. The fourth-order valence-electron chi connectivity index (χ4n) is 3.16. The van der Waals surface area contributed by atoms with Gasteiger partial charge < -0.3 is 0 Å². The minimum absolute atomic E-state index is 0.259. The van der Waals surface area contributed by atoms with Crippen LogP contribution < -0.4 is 0 Å². The number of carbonyl (C=O) groups is 1. The van der Waals surface area contributed by atoms with Gasteiger partial charge in [0.25, 0.3) is 0 Å². The van der Waals surface area contributed by atoms with Gasteiger partial charge in [-0.3, -0.25) is 4.79 Å². The third-order valence-corrected chi connectivity index (χ3v) is 6.67. The zero-order valence-corrected chi connectivity index (χ0v) is 18.9. The Balaban J connectivity index is 2.10. The number of hydrogen-bond donors (Lipinski definition) is 0. The Morgan fingerprint density at radius 2 is 1.33 bits per heavy atom. The van der Waals surface area contributed by atoms with Crippen molar-refractivity contribution in [3.05, 3.63) is 109 Å². The summed E-state index contributed by atoms with van der Waals surface area (Å²) >= 11 is 11.8. The minimum atomic E-state index is -3.93. The first-order valence-electron chi connectivity index (χ1n) is 9.21. The standard InChI is InChI=1S/C24H20Cl2O3S/c1-16-11-17(2)13-19(12-16)14-23(24(27)20-5-9-22(26)10-6-20)30(28,29)15-18-3-7-21(25)8-4-18/h3-14H,15H2,1-2H3/b23-14-. The van der Waals surface area contributed by atoms with Crippen LogP contribution in [0.3, 0.4) is 0 Å². The zero-order chi connectivity index (χ0) is 21.9. The fourth-order valence-corrected chi connectivity index (χ4v) is 4.92. The molecule has 0 N–H and O–H groups in total. The largest absolute Gasteiger partial charge is 0.288 e. The van der Waals surface area contributed by atoms with Crippen molar-refractivity contribution in [2.75, 3.05) is 0 Å². The Hall–Kier alpha value is -2.40. The number of ketones is 1. The average Bonchev–Trinajstić information content (AvgIpc) is 2.67. The van der Waals surface area contributed by atoms with E-state index >= 15 is 0 Å². The van der Waals surface area contributed by atoms with Crippen molar-refractivity contribution in [2.45, 2.75) is 19.6 Å². The molecule has 0 heterocycles. The number of Topliss-reactive ketones (excluding diaryl/α,β-unsaturated/α-hetero) is 1. The highest BCUT2D eigenvalue weighted by atomic mass is 35.5. The van der Waals surface area contributed by atoms with E-state index in [-0.39, 0.29) is 16.2 Å². The van der Waals surface area contributed by atoms with Gasteiger partial charge in [-0.05, 0) is 67.4 Å². The van der Waals surface area contributed by atoms with Crippen molar-refractivity contribution in [2.24, 2.45) is 0 Å². The van der Waals surface area contributed by atoms with Crippen molar-refractivity contribution in [3.63, 3.8) is 0 Å². The number of sulfone groups is 1. The first-order valence-corrected chi connectivity index (χ1v) is 11.6. The second-order valence-corrected chi connectivity index (χ2v) is 9.98. The van der Waals surface area contributed by atoms with Crippen molar-refractivity contribution in [1.82, 2.24) is 0 Å². The van der Waals surface area contributed by atoms with Crippen LogP contribution in [-0.2, 0) is 15.6 Å². The summed E-state index contributed by atoms with van der Waals surface area (Å²) in [5, 5.41) is 0.981. The molecule has 0 fully saturated rings. The number of carbonyl (C=O) groups excluding carboxylic acids is 1. The molecule has 0 radical (unpaired) electrons. The molecule has 0 aliphatic carbocycles. The molecule has 0 amide bonds. The van der Waals surface area contributed by atoms with Gasteiger partial charge in [-0.15, -0.1) is 0 Å². The molecule has 30 heavy (non-hydrogen) atoms. The highest BCUT2D eigenvalue weighted by molar-refractivity contribution is 7.95. The van der Waals surface area contributed by atoms with Crippen molar-refractivity contribution in [1.29, 1.82) is 0 Å². The Morgan fingerprint density at radius 3 is 1.87 bits per heavy atom. The first-order chi connectivity index (χ1) is 14.1. The summed E-state index contributed by atoms with van der Waals surface area (Å²) in [6.45, 7) is 3.85. The molecule has 0 saturated carbocycles. The normalized spacial score (nSPS) is 12.1. The zero-order valence-electron chi connectivity index (χ0n) is 16.5. The Morgan fingerprint density at radius 1 is 0.833 bits per heavy atom. The van der Waals surface area contributed by atoms with Gasteiger partial charge in [0.2, 0.25) is 5.78 Å². The number of aryl methyl sites for hydroxylation is 2. The van der Waals surface area contributed by atoms with Gasteiger partial charge in [-0.2, -0.15) is 0 Å². The monoisotopic (exact) mass is 458 g/mol. The van der Waals surface area contributed by atoms with Crippen LogP contribution in [0.4, 0.5) is 0 Å². The molecule has 0 unspecified atom stereocenters. The molecule has 0 saturated heterocycles. The van der Waals surface area contributed by atoms with Gasteiger partial charge in [0, 0.05) is 15.6 Å². The molecule has 154 valence electrons. The summed E-state index contributed by atoms with van der Waals surface area (Å²) in [4.78, 5) is 13.0. The van der Waals surface area contributed by atoms with Crippen LogP contribution in [0.1, 0.15) is 32.6 Å². The van der Waals surface area contributed by atoms with Crippen molar-refractivity contribution >= 4 is 44.9 Å². The van der Waals surface area contributed by atoms with Crippen LogP contribution in [0.25, 0.3) is 6.08 Å². The van der Waals surface area contributed by atoms with E-state index in [9.17, 15) is 13.2 Å². The number of allylic oxidation sites excluding steroid dienone is 1. The molecule has 0 aliphatic heterocycles. The Labute approximate surface area is 186 Å². The Bertz CT molecular complexity index is 1190. The maximum atomic E-state index is 13.3. The quantitative estimate of drug-likeness (QED) is 0.315. The van der Waals surface area contributed by atoms with Gasteiger partial charge in [0.15, 0.2) is 9.84 Å². The second-order valence-electron chi connectivity index (χ2n) is 7.15. The molecule has 0 bridgehead atoms. The van der Waals surface area contributed by atoms with E-state index < -0.39 is 15.6 Å². The lowest BCUT2D eigenvalue weighted by Crippen LogP contribution is -2.16. The van der Waals surface area contributed by atoms with Crippen LogP contribution >= 0.6 is 23.2 Å². The van der Waals surface area contributed by atoms with E-state index in [0.717, 1.165) is 11.1 Å². The molecule has 0 atom stereocenters. The number of hydrogen-bond acceptors (Lipinski definition) is 3. The molecule has 3 nitrogen and oxygen atoms in total. The third-order valence-electron chi connectivity index (χ3n) is 4.48. The maximum absolute atomic E-state index is 13.3.